The van der Waals surface area contributed by atoms with Crippen molar-refractivity contribution >= 4 is 16.0 Å². The van der Waals surface area contributed by atoms with Crippen LogP contribution in [0, 0.1) is 0 Å². The highest BCUT2D eigenvalue weighted by atomic mass is 32.2. The smallest absolute Gasteiger partial charge is 0.239 e. The van der Waals surface area contributed by atoms with Crippen LogP contribution in [0.5, 0.6) is 11.5 Å². The zero-order valence-corrected chi connectivity index (χ0v) is 29.0. The Kier molecular flexibility index (Phi) is 9.12. The highest BCUT2D eigenvalue weighted by Crippen LogP contribution is 2.42. The summed E-state index contributed by atoms with van der Waals surface area (Å²) in [5, 5.41) is 0. The van der Waals surface area contributed by atoms with Crippen LogP contribution < -0.4 is 13.8 Å². The number of hydrogen-bond donors (Lipinski definition) is 0. The predicted molar refractivity (Wildman–Crippen MR) is 197 cm³/mol. The van der Waals surface area contributed by atoms with E-state index in [0.29, 0.717) is 24.4 Å². The SMILES string of the molecule is CC(C)(c1ccc(OCc2ccnc(N3CCCS3(=O)=O)n2)cc1)c1ccc(OC(c2ccccc2)(c2ccccc2)c2ccccc2)cc1. The summed E-state index contributed by atoms with van der Waals surface area (Å²) in [6.45, 7) is 5.00. The molecule has 1 saturated heterocycles. The Balaban J connectivity index is 1.10. The van der Waals surface area contributed by atoms with E-state index in [2.05, 4.69) is 133 Å². The third kappa shape index (κ3) is 6.59. The molecule has 1 aliphatic heterocycles. The van der Waals surface area contributed by atoms with Crippen molar-refractivity contribution in [2.45, 2.75) is 37.9 Å². The first-order chi connectivity index (χ1) is 24.3. The lowest BCUT2D eigenvalue weighted by Gasteiger charge is -2.36. The molecule has 2 heterocycles. The van der Waals surface area contributed by atoms with Gasteiger partial charge in [0.1, 0.15) is 18.1 Å². The highest BCUT2D eigenvalue weighted by molar-refractivity contribution is 7.93. The number of anilines is 1. The molecule has 6 aromatic rings. The van der Waals surface area contributed by atoms with E-state index in [1.54, 1.807) is 12.3 Å². The van der Waals surface area contributed by atoms with Gasteiger partial charge in [0, 0.05) is 34.8 Å². The van der Waals surface area contributed by atoms with Crippen LogP contribution in [0.1, 0.15) is 53.8 Å². The summed E-state index contributed by atoms with van der Waals surface area (Å²) in [5.41, 5.74) is 4.88. The van der Waals surface area contributed by atoms with Crippen LogP contribution in [0.2, 0.25) is 0 Å². The van der Waals surface area contributed by atoms with Crippen molar-refractivity contribution in [3.63, 3.8) is 0 Å². The summed E-state index contributed by atoms with van der Waals surface area (Å²) in [6, 6.07) is 49.3. The lowest BCUT2D eigenvalue weighted by Crippen LogP contribution is -2.36. The fourth-order valence-electron chi connectivity index (χ4n) is 6.55. The van der Waals surface area contributed by atoms with Gasteiger partial charge >= 0.3 is 0 Å². The molecule has 1 aromatic heterocycles. The quantitative estimate of drug-likeness (QED) is 0.128. The molecule has 0 bridgehead atoms. The summed E-state index contributed by atoms with van der Waals surface area (Å²) in [4.78, 5) is 8.62. The minimum atomic E-state index is -3.35. The van der Waals surface area contributed by atoms with Gasteiger partial charge in [0.2, 0.25) is 16.0 Å². The van der Waals surface area contributed by atoms with Crippen molar-refractivity contribution in [1.82, 2.24) is 9.97 Å². The van der Waals surface area contributed by atoms with Gasteiger partial charge in [0.05, 0.1) is 11.4 Å². The van der Waals surface area contributed by atoms with Crippen LogP contribution in [0.4, 0.5) is 5.95 Å². The Hall–Kier alpha value is -5.47. The van der Waals surface area contributed by atoms with Crippen LogP contribution in [-0.2, 0) is 27.6 Å². The van der Waals surface area contributed by atoms with Crippen molar-refractivity contribution in [2.24, 2.45) is 0 Å². The molecular formula is C42H39N3O4S. The van der Waals surface area contributed by atoms with Crippen LogP contribution in [0.3, 0.4) is 0 Å². The number of benzene rings is 5. The number of nitrogens with zero attached hydrogens (tertiary/aromatic N) is 3. The Bertz CT molecular complexity index is 2040. The fourth-order valence-corrected chi connectivity index (χ4v) is 8.01. The maximum Gasteiger partial charge on any atom is 0.239 e. The Morgan fingerprint density at radius 3 is 1.62 bits per heavy atom. The highest BCUT2D eigenvalue weighted by Gasteiger charge is 2.39. The molecule has 7 nitrogen and oxygen atoms in total. The van der Waals surface area contributed by atoms with Crippen LogP contribution in [0.25, 0.3) is 0 Å². The summed E-state index contributed by atoms with van der Waals surface area (Å²) in [5.74, 6) is 1.78. The van der Waals surface area contributed by atoms with E-state index in [1.807, 2.05) is 30.3 Å². The molecular weight excluding hydrogens is 643 g/mol. The molecule has 0 N–H and O–H groups in total. The van der Waals surface area contributed by atoms with Gasteiger partial charge in [-0.3, -0.25) is 0 Å². The molecule has 8 heteroatoms. The Morgan fingerprint density at radius 1 is 0.640 bits per heavy atom. The zero-order valence-electron chi connectivity index (χ0n) is 28.1. The number of rotatable bonds is 11. The second-order valence-electron chi connectivity index (χ2n) is 12.9. The van der Waals surface area contributed by atoms with Crippen molar-refractivity contribution in [2.75, 3.05) is 16.6 Å². The minimum Gasteiger partial charge on any atom is -0.487 e. The van der Waals surface area contributed by atoms with Gasteiger partial charge in [-0.2, -0.15) is 0 Å². The summed E-state index contributed by atoms with van der Waals surface area (Å²) in [6.07, 6.45) is 2.15. The van der Waals surface area contributed by atoms with E-state index in [1.165, 1.54) is 4.31 Å². The third-order valence-electron chi connectivity index (χ3n) is 9.37. The second-order valence-corrected chi connectivity index (χ2v) is 14.9. The fraction of sp³-hybridized carbons (Fsp3) is 0.190. The summed E-state index contributed by atoms with van der Waals surface area (Å²) >= 11 is 0. The van der Waals surface area contributed by atoms with Gasteiger partial charge in [-0.05, 0) is 47.9 Å². The third-order valence-corrected chi connectivity index (χ3v) is 11.2. The van der Waals surface area contributed by atoms with E-state index in [4.69, 9.17) is 9.47 Å². The van der Waals surface area contributed by atoms with E-state index < -0.39 is 15.6 Å². The normalized spacial score (nSPS) is 14.3. The molecule has 0 unspecified atom stereocenters. The number of hydrogen-bond acceptors (Lipinski definition) is 6. The molecule has 0 aliphatic carbocycles. The van der Waals surface area contributed by atoms with E-state index >= 15 is 0 Å². The van der Waals surface area contributed by atoms with Crippen molar-refractivity contribution in [1.29, 1.82) is 0 Å². The van der Waals surface area contributed by atoms with Gasteiger partial charge in [-0.1, -0.05) is 129 Å². The van der Waals surface area contributed by atoms with Crippen LogP contribution >= 0.6 is 0 Å². The van der Waals surface area contributed by atoms with Crippen molar-refractivity contribution in [3.8, 4) is 11.5 Å². The number of ether oxygens (including phenoxy) is 2. The zero-order chi connectivity index (χ0) is 34.6. The van der Waals surface area contributed by atoms with E-state index in [-0.39, 0.29) is 23.7 Å². The molecule has 252 valence electrons. The van der Waals surface area contributed by atoms with Gasteiger partial charge in [-0.25, -0.2) is 22.7 Å². The molecule has 7 rings (SSSR count). The van der Waals surface area contributed by atoms with Gasteiger partial charge < -0.3 is 9.47 Å². The monoisotopic (exact) mass is 681 g/mol. The molecule has 1 aliphatic rings. The largest absolute Gasteiger partial charge is 0.487 e. The standard InChI is InChI=1S/C42H39N3O4S/c1-41(2,32-19-23-38(24-20-32)48-31-37-27-28-43-40(44-37)45-29-12-30-50(45,46)47)33-21-25-39(26-22-33)49-42(34-13-6-3-7-14-34,35-15-8-4-9-16-35)36-17-10-5-11-18-36/h3-11,13-28H,12,29-31H2,1-2H3. The average Bonchev–Trinajstić information content (AvgIpc) is 3.53. The van der Waals surface area contributed by atoms with Gasteiger partial charge in [-0.15, -0.1) is 0 Å². The summed E-state index contributed by atoms with van der Waals surface area (Å²) in [7, 11) is -3.35. The molecule has 1 fully saturated rings. The Morgan fingerprint density at radius 2 is 1.14 bits per heavy atom. The van der Waals surface area contributed by atoms with Crippen molar-refractivity contribution < 1.29 is 17.9 Å². The number of aromatic nitrogens is 2. The molecule has 0 amide bonds. The lowest BCUT2D eigenvalue weighted by molar-refractivity contribution is 0.155. The molecule has 0 radical (unpaired) electrons. The molecule has 0 atom stereocenters. The van der Waals surface area contributed by atoms with E-state index in [9.17, 15) is 8.42 Å². The van der Waals surface area contributed by atoms with Gasteiger partial charge in [0.15, 0.2) is 5.60 Å². The predicted octanol–water partition coefficient (Wildman–Crippen LogP) is 8.29. The minimum absolute atomic E-state index is 0.120. The first-order valence-corrected chi connectivity index (χ1v) is 18.4. The average molecular weight is 682 g/mol. The van der Waals surface area contributed by atoms with Crippen molar-refractivity contribution in [3.05, 3.63) is 185 Å². The van der Waals surface area contributed by atoms with Crippen LogP contribution in [0.15, 0.2) is 152 Å². The molecule has 50 heavy (non-hydrogen) atoms. The first kappa shape index (κ1) is 33.0. The first-order valence-electron chi connectivity index (χ1n) is 16.8. The van der Waals surface area contributed by atoms with Crippen LogP contribution in [-0.4, -0.2) is 30.7 Å². The summed E-state index contributed by atoms with van der Waals surface area (Å²) < 4.78 is 39.0. The maximum absolute atomic E-state index is 12.3. The van der Waals surface area contributed by atoms with E-state index in [0.717, 1.165) is 33.6 Å². The lowest BCUT2D eigenvalue weighted by atomic mass is 9.78. The maximum atomic E-state index is 12.3. The molecule has 0 spiro atoms. The molecule has 0 saturated carbocycles. The second kappa shape index (κ2) is 13.8. The molecule has 5 aromatic carbocycles. The topological polar surface area (TPSA) is 81.6 Å². The van der Waals surface area contributed by atoms with Gasteiger partial charge in [0.25, 0.3) is 0 Å². The number of sulfonamides is 1. The Labute approximate surface area is 294 Å².